The van der Waals surface area contributed by atoms with Crippen molar-refractivity contribution in [1.82, 2.24) is 28.9 Å². The summed E-state index contributed by atoms with van der Waals surface area (Å²) in [6.45, 7) is 5.37. The molecule has 0 atom stereocenters. The van der Waals surface area contributed by atoms with E-state index in [4.69, 9.17) is 0 Å². The Morgan fingerprint density at radius 3 is 2.50 bits per heavy atom. The van der Waals surface area contributed by atoms with Crippen molar-refractivity contribution in [1.29, 1.82) is 0 Å². The van der Waals surface area contributed by atoms with Crippen molar-refractivity contribution in [3.05, 3.63) is 70.8 Å². The third kappa shape index (κ3) is 3.03. The minimum atomic E-state index is -0.994. The molecule has 32 heavy (non-hydrogen) atoms. The first-order valence-electron chi connectivity index (χ1n) is 10.3. The van der Waals surface area contributed by atoms with Crippen LogP contribution in [0.25, 0.3) is 38.8 Å². The summed E-state index contributed by atoms with van der Waals surface area (Å²) < 4.78 is 5.02. The van der Waals surface area contributed by atoms with Gasteiger partial charge in [0.2, 0.25) is 0 Å². The zero-order valence-electron chi connectivity index (χ0n) is 18.7. The van der Waals surface area contributed by atoms with Crippen LogP contribution in [0.5, 0.6) is 0 Å². The van der Waals surface area contributed by atoms with Crippen LogP contribution in [0, 0.1) is 6.92 Å². The van der Waals surface area contributed by atoms with Crippen LogP contribution in [0.1, 0.15) is 25.1 Å². The fraction of sp³-hybridized carbons (Fsp3) is 0.250. The molecular weight excluding hydrogens is 404 g/mol. The van der Waals surface area contributed by atoms with Gasteiger partial charge in [-0.1, -0.05) is 6.07 Å². The van der Waals surface area contributed by atoms with Crippen LogP contribution in [0.15, 0.2) is 53.8 Å². The quantitative estimate of drug-likeness (QED) is 0.477. The summed E-state index contributed by atoms with van der Waals surface area (Å²) in [6.07, 6.45) is 7.03. The number of benzene rings is 1. The lowest BCUT2D eigenvalue weighted by molar-refractivity contribution is 0.0783. The van der Waals surface area contributed by atoms with Gasteiger partial charge in [-0.3, -0.25) is 23.8 Å². The number of pyridine rings is 2. The van der Waals surface area contributed by atoms with Gasteiger partial charge in [0.15, 0.2) is 0 Å². The van der Waals surface area contributed by atoms with Gasteiger partial charge in [0.25, 0.3) is 0 Å². The molecular formula is C24H24N6O2. The summed E-state index contributed by atoms with van der Waals surface area (Å²) >= 11 is 0. The molecule has 0 bridgehead atoms. The number of hydrogen-bond donors (Lipinski definition) is 1. The number of aliphatic hydroxyl groups is 1. The molecule has 8 heteroatoms. The van der Waals surface area contributed by atoms with Gasteiger partial charge in [-0.05, 0) is 44.5 Å². The highest BCUT2D eigenvalue weighted by Gasteiger charge is 2.20. The van der Waals surface area contributed by atoms with Crippen LogP contribution in [0.4, 0.5) is 0 Å². The molecule has 0 aliphatic carbocycles. The van der Waals surface area contributed by atoms with E-state index in [2.05, 4.69) is 15.1 Å². The molecule has 0 amide bonds. The van der Waals surface area contributed by atoms with Gasteiger partial charge in [0.1, 0.15) is 0 Å². The summed E-state index contributed by atoms with van der Waals surface area (Å²) in [4.78, 5) is 22.1. The molecule has 4 heterocycles. The highest BCUT2D eigenvalue weighted by molar-refractivity contribution is 6.04. The van der Waals surface area contributed by atoms with Gasteiger partial charge >= 0.3 is 5.69 Å². The van der Waals surface area contributed by atoms with Crippen LogP contribution in [-0.4, -0.2) is 34.0 Å². The summed E-state index contributed by atoms with van der Waals surface area (Å²) in [5, 5.41) is 15.7. The van der Waals surface area contributed by atoms with Gasteiger partial charge in [-0.15, -0.1) is 0 Å². The van der Waals surface area contributed by atoms with Crippen LogP contribution >= 0.6 is 0 Å². The van der Waals surface area contributed by atoms with Crippen molar-refractivity contribution in [2.75, 3.05) is 0 Å². The second kappa shape index (κ2) is 6.86. The smallest absolute Gasteiger partial charge is 0.333 e. The number of fused-ring (bicyclic) bond motifs is 3. The zero-order chi connectivity index (χ0) is 22.8. The van der Waals surface area contributed by atoms with Crippen molar-refractivity contribution >= 4 is 21.9 Å². The maximum atomic E-state index is 13.2. The van der Waals surface area contributed by atoms with E-state index < -0.39 is 5.60 Å². The van der Waals surface area contributed by atoms with E-state index in [0.29, 0.717) is 0 Å². The Labute approximate surface area is 184 Å². The molecule has 8 nitrogen and oxygen atoms in total. The van der Waals surface area contributed by atoms with Crippen LogP contribution in [0.3, 0.4) is 0 Å². The van der Waals surface area contributed by atoms with Crippen LogP contribution < -0.4 is 5.69 Å². The van der Waals surface area contributed by atoms with E-state index in [1.165, 1.54) is 0 Å². The Balaban J connectivity index is 1.84. The summed E-state index contributed by atoms with van der Waals surface area (Å²) in [5.41, 5.74) is 5.22. The Hall–Kier alpha value is -3.78. The highest BCUT2D eigenvalue weighted by Crippen LogP contribution is 2.31. The van der Waals surface area contributed by atoms with E-state index in [-0.39, 0.29) is 5.69 Å². The number of nitrogens with zero attached hydrogens (tertiary/aromatic N) is 6. The van der Waals surface area contributed by atoms with Crippen LogP contribution in [-0.2, 0) is 19.7 Å². The molecule has 0 aliphatic heterocycles. The first-order chi connectivity index (χ1) is 15.1. The fourth-order valence-electron chi connectivity index (χ4n) is 4.14. The number of hydrogen-bond acceptors (Lipinski definition) is 5. The molecule has 5 aromatic rings. The number of imidazole rings is 1. The van der Waals surface area contributed by atoms with Crippen molar-refractivity contribution in [3.8, 4) is 16.8 Å². The minimum absolute atomic E-state index is 0.151. The Morgan fingerprint density at radius 1 is 1.03 bits per heavy atom. The molecule has 0 fully saturated rings. The average Bonchev–Trinajstić information content (AvgIpc) is 3.22. The maximum absolute atomic E-state index is 13.2. The summed E-state index contributed by atoms with van der Waals surface area (Å²) in [6, 6.07) is 7.88. The standard InChI is InChI=1S/C24H24N6O2/c1-14-21(13-28(4)27-14)30-22-18-9-15(16-8-17(11-25-10-16)24(2,3)32)6-7-19(18)26-12-20(22)29(5)23(30)31/h6-13,32H,1-5H3. The first-order valence-corrected chi connectivity index (χ1v) is 10.3. The third-order valence-electron chi connectivity index (χ3n) is 5.89. The van der Waals surface area contributed by atoms with Gasteiger partial charge in [0, 0.05) is 49.2 Å². The van der Waals surface area contributed by atoms with Gasteiger partial charge in [0.05, 0.1) is 39.7 Å². The van der Waals surface area contributed by atoms with Crippen molar-refractivity contribution in [2.45, 2.75) is 26.4 Å². The fourth-order valence-corrected chi connectivity index (χ4v) is 4.14. The zero-order valence-corrected chi connectivity index (χ0v) is 18.7. The van der Waals surface area contributed by atoms with Crippen molar-refractivity contribution in [2.24, 2.45) is 14.1 Å². The monoisotopic (exact) mass is 428 g/mol. The molecule has 4 aromatic heterocycles. The van der Waals surface area contributed by atoms with Crippen molar-refractivity contribution < 1.29 is 5.11 Å². The second-order valence-electron chi connectivity index (χ2n) is 8.70. The third-order valence-corrected chi connectivity index (χ3v) is 5.89. The highest BCUT2D eigenvalue weighted by atomic mass is 16.3. The lowest BCUT2D eigenvalue weighted by Gasteiger charge is -2.18. The largest absolute Gasteiger partial charge is 0.386 e. The molecule has 0 aliphatic rings. The lowest BCUT2D eigenvalue weighted by Crippen LogP contribution is -2.21. The normalized spacial score (nSPS) is 12.2. The predicted molar refractivity (Wildman–Crippen MR) is 124 cm³/mol. The topological polar surface area (TPSA) is 90.8 Å². The minimum Gasteiger partial charge on any atom is -0.386 e. The predicted octanol–water partition coefficient (Wildman–Crippen LogP) is 3.21. The molecule has 0 unspecified atom stereocenters. The molecule has 5 rings (SSSR count). The summed E-state index contributed by atoms with van der Waals surface area (Å²) in [5.74, 6) is 0. The van der Waals surface area contributed by atoms with Crippen molar-refractivity contribution in [3.63, 3.8) is 0 Å². The summed E-state index contributed by atoms with van der Waals surface area (Å²) in [7, 11) is 3.59. The molecule has 0 radical (unpaired) electrons. The number of rotatable bonds is 3. The van der Waals surface area contributed by atoms with Crippen LogP contribution in [0.2, 0.25) is 0 Å². The lowest BCUT2D eigenvalue weighted by atomic mass is 9.96. The second-order valence-corrected chi connectivity index (χ2v) is 8.70. The van der Waals surface area contributed by atoms with E-state index in [9.17, 15) is 9.90 Å². The van der Waals surface area contributed by atoms with E-state index in [1.54, 1.807) is 53.3 Å². The van der Waals surface area contributed by atoms with E-state index in [1.807, 2.05) is 44.4 Å². The number of aryl methyl sites for hydroxylation is 3. The molecule has 0 spiro atoms. The Morgan fingerprint density at radius 2 is 1.81 bits per heavy atom. The van der Waals surface area contributed by atoms with Gasteiger partial charge in [-0.2, -0.15) is 5.10 Å². The van der Waals surface area contributed by atoms with E-state index in [0.717, 1.165) is 50.0 Å². The van der Waals surface area contributed by atoms with Gasteiger partial charge < -0.3 is 5.11 Å². The molecule has 1 aromatic carbocycles. The molecule has 1 N–H and O–H groups in total. The molecule has 0 saturated carbocycles. The average molecular weight is 428 g/mol. The Bertz CT molecular complexity index is 1570. The number of aromatic nitrogens is 6. The van der Waals surface area contributed by atoms with E-state index >= 15 is 0 Å². The molecule has 162 valence electrons. The molecule has 0 saturated heterocycles. The Kier molecular flexibility index (Phi) is 4.32. The van der Waals surface area contributed by atoms with Gasteiger partial charge in [-0.25, -0.2) is 4.79 Å². The first kappa shape index (κ1) is 20.1. The maximum Gasteiger partial charge on any atom is 0.333 e. The SMILES string of the molecule is Cc1nn(C)cc1-n1c(=O)n(C)c2cnc3ccc(-c4cncc(C(C)(C)O)c4)cc3c21.